The maximum atomic E-state index is 15.7. The van der Waals surface area contributed by atoms with Crippen LogP contribution in [-0.2, 0) is 10.8 Å². The van der Waals surface area contributed by atoms with Crippen LogP contribution in [0.2, 0.25) is 0 Å². The fourth-order valence-electron chi connectivity index (χ4n) is 7.14. The number of hydrogen-bond acceptors (Lipinski definition) is 3. The standard InChI is InChI=1S/C46H37F5N4O/c1-45(2,3)27-21-22-52-35(23-27)54-33-18-11-10-17-31(33)32-20-19-30(25-34(32)54)56-29-16-12-15-28(24-29)55-43(26-13-8-7-9-14-26)37(44(53-55)46(4,5)6)36-38(47)40(49)42(51)41(50)39(36)48/h7-25H,1-6H3. The second kappa shape index (κ2) is 13.5. The fourth-order valence-corrected chi connectivity index (χ4v) is 7.14. The van der Waals surface area contributed by atoms with Gasteiger partial charge in [-0.3, -0.25) is 4.57 Å². The van der Waals surface area contributed by atoms with E-state index in [0.29, 0.717) is 22.7 Å². The summed E-state index contributed by atoms with van der Waals surface area (Å²) in [5.74, 6) is -8.44. The van der Waals surface area contributed by atoms with Crippen LogP contribution in [0.15, 0.2) is 115 Å². The van der Waals surface area contributed by atoms with Gasteiger partial charge in [0.2, 0.25) is 5.82 Å². The SMILES string of the molecule is CC(C)(C)c1ccnc(-n2c3ccccc3c3ccc(Oc4cccc(-n5nc(C(C)(C)C)c(-c6c(F)c(F)c(F)c(F)c6F)c5-c5ccccc5)c4)cc32)c1. The molecule has 3 aromatic heterocycles. The van der Waals surface area contributed by atoms with Crippen LogP contribution in [0.4, 0.5) is 22.0 Å². The summed E-state index contributed by atoms with van der Waals surface area (Å²) < 4.78 is 85.3. The number of aromatic nitrogens is 4. The molecule has 0 atom stereocenters. The molecule has 0 saturated heterocycles. The van der Waals surface area contributed by atoms with E-state index in [9.17, 15) is 13.2 Å². The van der Waals surface area contributed by atoms with E-state index in [4.69, 9.17) is 14.8 Å². The molecule has 0 N–H and O–H groups in total. The van der Waals surface area contributed by atoms with Crippen molar-refractivity contribution >= 4 is 21.8 Å². The third-order valence-electron chi connectivity index (χ3n) is 9.89. The summed E-state index contributed by atoms with van der Waals surface area (Å²) in [4.78, 5) is 4.77. The van der Waals surface area contributed by atoms with Crippen LogP contribution in [0.1, 0.15) is 52.8 Å². The first-order valence-corrected chi connectivity index (χ1v) is 18.1. The van der Waals surface area contributed by atoms with Crippen molar-refractivity contribution in [2.45, 2.75) is 52.4 Å². The molecule has 5 aromatic carbocycles. The molecule has 0 spiro atoms. The van der Waals surface area contributed by atoms with E-state index in [1.54, 1.807) is 75.4 Å². The molecule has 0 fully saturated rings. The Morgan fingerprint density at radius 3 is 1.89 bits per heavy atom. The zero-order valence-corrected chi connectivity index (χ0v) is 31.6. The van der Waals surface area contributed by atoms with Crippen molar-refractivity contribution < 1.29 is 26.7 Å². The number of para-hydroxylation sites is 1. The number of benzene rings is 5. The van der Waals surface area contributed by atoms with Crippen LogP contribution in [0, 0.1) is 29.1 Å². The number of fused-ring (bicyclic) bond motifs is 3. The number of pyridine rings is 1. The lowest BCUT2D eigenvalue weighted by Crippen LogP contribution is -2.15. The molecule has 0 radical (unpaired) electrons. The van der Waals surface area contributed by atoms with Crippen molar-refractivity contribution in [1.29, 1.82) is 0 Å². The summed E-state index contributed by atoms with van der Waals surface area (Å²) >= 11 is 0. The normalized spacial score (nSPS) is 12.2. The second-order valence-electron chi connectivity index (χ2n) is 15.8. The Morgan fingerprint density at radius 2 is 1.20 bits per heavy atom. The van der Waals surface area contributed by atoms with E-state index in [2.05, 4.69) is 43.5 Å². The molecule has 282 valence electrons. The van der Waals surface area contributed by atoms with Gasteiger partial charge in [0.15, 0.2) is 23.3 Å². The molecule has 0 bridgehead atoms. The van der Waals surface area contributed by atoms with Crippen LogP contribution < -0.4 is 4.74 Å². The molecule has 10 heteroatoms. The Morgan fingerprint density at radius 1 is 0.554 bits per heavy atom. The smallest absolute Gasteiger partial charge is 0.200 e. The molecule has 8 aromatic rings. The summed E-state index contributed by atoms with van der Waals surface area (Å²) in [6.07, 6.45) is 1.82. The van der Waals surface area contributed by atoms with E-state index < -0.39 is 40.1 Å². The van der Waals surface area contributed by atoms with Gasteiger partial charge in [0, 0.05) is 45.6 Å². The fraction of sp³-hybridized carbons (Fsp3) is 0.174. The number of halogens is 5. The minimum Gasteiger partial charge on any atom is -0.457 e. The van der Waals surface area contributed by atoms with Crippen LogP contribution in [0.25, 0.3) is 55.7 Å². The molecular formula is C46H37F5N4O. The van der Waals surface area contributed by atoms with Gasteiger partial charge in [-0.15, -0.1) is 0 Å². The first-order valence-electron chi connectivity index (χ1n) is 18.1. The minimum atomic E-state index is -2.23. The summed E-state index contributed by atoms with van der Waals surface area (Å²) in [5.41, 5.74) is 1.94. The molecule has 3 heterocycles. The predicted molar refractivity (Wildman–Crippen MR) is 210 cm³/mol. The average Bonchev–Trinajstić information content (AvgIpc) is 3.73. The van der Waals surface area contributed by atoms with Gasteiger partial charge in [0.25, 0.3) is 0 Å². The van der Waals surface area contributed by atoms with Crippen molar-refractivity contribution in [3.63, 3.8) is 0 Å². The van der Waals surface area contributed by atoms with E-state index in [-0.39, 0.29) is 22.4 Å². The lowest BCUT2D eigenvalue weighted by molar-refractivity contribution is 0.381. The second-order valence-corrected chi connectivity index (χ2v) is 15.8. The zero-order chi connectivity index (χ0) is 39.7. The van der Waals surface area contributed by atoms with Gasteiger partial charge in [0.05, 0.1) is 33.7 Å². The highest BCUT2D eigenvalue weighted by atomic mass is 19.2. The van der Waals surface area contributed by atoms with Crippen LogP contribution in [0.3, 0.4) is 0 Å². The highest BCUT2D eigenvalue weighted by Crippen LogP contribution is 2.45. The third-order valence-corrected chi connectivity index (χ3v) is 9.89. The Labute approximate surface area is 320 Å². The first kappa shape index (κ1) is 36.7. The van der Waals surface area contributed by atoms with Gasteiger partial charge in [-0.1, -0.05) is 96.1 Å². The molecule has 0 unspecified atom stereocenters. The molecule has 0 aliphatic rings. The van der Waals surface area contributed by atoms with Crippen LogP contribution >= 0.6 is 0 Å². The Balaban J connectivity index is 1.29. The lowest BCUT2D eigenvalue weighted by Gasteiger charge is -2.20. The Kier molecular flexibility index (Phi) is 8.82. The van der Waals surface area contributed by atoms with Crippen molar-refractivity contribution in [2.24, 2.45) is 0 Å². The highest BCUT2D eigenvalue weighted by Gasteiger charge is 2.36. The zero-order valence-electron chi connectivity index (χ0n) is 31.6. The van der Waals surface area contributed by atoms with Crippen LogP contribution in [0.5, 0.6) is 11.5 Å². The molecule has 56 heavy (non-hydrogen) atoms. The molecule has 0 aliphatic carbocycles. The van der Waals surface area contributed by atoms with E-state index >= 15 is 8.78 Å². The van der Waals surface area contributed by atoms with Gasteiger partial charge in [-0.2, -0.15) is 5.10 Å². The van der Waals surface area contributed by atoms with Gasteiger partial charge in [-0.25, -0.2) is 31.6 Å². The van der Waals surface area contributed by atoms with E-state index in [0.717, 1.165) is 33.2 Å². The van der Waals surface area contributed by atoms with E-state index in [1.165, 1.54) is 4.68 Å². The van der Waals surface area contributed by atoms with Crippen molar-refractivity contribution in [3.8, 4) is 45.4 Å². The monoisotopic (exact) mass is 756 g/mol. The number of hydrogen-bond donors (Lipinski definition) is 0. The maximum absolute atomic E-state index is 15.7. The average molecular weight is 757 g/mol. The first-order chi connectivity index (χ1) is 26.6. The van der Waals surface area contributed by atoms with Gasteiger partial charge < -0.3 is 4.74 Å². The summed E-state index contributed by atoms with van der Waals surface area (Å²) in [5, 5.41) is 6.91. The molecule has 0 amide bonds. The van der Waals surface area contributed by atoms with Gasteiger partial charge >= 0.3 is 0 Å². The predicted octanol–water partition coefficient (Wildman–Crippen LogP) is 12.8. The molecule has 5 nitrogen and oxygen atoms in total. The van der Waals surface area contributed by atoms with Crippen molar-refractivity contribution in [2.75, 3.05) is 0 Å². The minimum absolute atomic E-state index is 0.0905. The number of nitrogens with zero attached hydrogens (tertiary/aromatic N) is 4. The van der Waals surface area contributed by atoms with Crippen molar-refractivity contribution in [1.82, 2.24) is 19.3 Å². The van der Waals surface area contributed by atoms with Crippen LogP contribution in [-0.4, -0.2) is 19.3 Å². The highest BCUT2D eigenvalue weighted by molar-refractivity contribution is 6.09. The quantitative estimate of drug-likeness (QED) is 0.0964. The van der Waals surface area contributed by atoms with E-state index in [1.807, 2.05) is 42.6 Å². The van der Waals surface area contributed by atoms with Crippen molar-refractivity contribution in [3.05, 3.63) is 156 Å². The molecule has 8 rings (SSSR count). The molecular weight excluding hydrogens is 720 g/mol. The summed E-state index contributed by atoms with van der Waals surface area (Å²) in [6, 6.07) is 33.6. The Bertz CT molecular complexity index is 2780. The molecule has 0 aliphatic heterocycles. The summed E-state index contributed by atoms with van der Waals surface area (Å²) in [7, 11) is 0. The Hall–Kier alpha value is -6.29. The van der Waals surface area contributed by atoms with Gasteiger partial charge in [0.1, 0.15) is 17.3 Å². The maximum Gasteiger partial charge on any atom is 0.200 e. The topological polar surface area (TPSA) is 44.9 Å². The number of rotatable bonds is 6. The molecule has 0 saturated carbocycles. The number of ether oxygens (including phenoxy) is 1. The van der Waals surface area contributed by atoms with Gasteiger partial charge in [-0.05, 0) is 53.4 Å². The lowest BCUT2D eigenvalue weighted by atomic mass is 9.85. The largest absolute Gasteiger partial charge is 0.457 e. The summed E-state index contributed by atoms with van der Waals surface area (Å²) in [6.45, 7) is 11.8. The third kappa shape index (κ3) is 6.19.